The molecule has 2 aromatic carbocycles. The van der Waals surface area contributed by atoms with Crippen LogP contribution in [-0.4, -0.2) is 29.9 Å². The van der Waals surface area contributed by atoms with Crippen LogP contribution in [0.2, 0.25) is 0 Å². The molecule has 27 heavy (non-hydrogen) atoms. The normalized spacial score (nSPS) is 10.3. The highest BCUT2D eigenvalue weighted by molar-refractivity contribution is 5.92. The number of ether oxygens (including phenoxy) is 2. The summed E-state index contributed by atoms with van der Waals surface area (Å²) in [5.74, 6) is 0.359. The van der Waals surface area contributed by atoms with E-state index in [1.54, 1.807) is 31.4 Å². The fourth-order valence-corrected chi connectivity index (χ4v) is 2.51. The molecule has 1 N–H and O–H groups in total. The molecule has 7 nitrogen and oxygen atoms in total. The van der Waals surface area contributed by atoms with Gasteiger partial charge in [-0.3, -0.25) is 9.59 Å². The molecule has 0 fully saturated rings. The Morgan fingerprint density at radius 3 is 2.37 bits per heavy atom. The van der Waals surface area contributed by atoms with Crippen molar-refractivity contribution >= 4 is 5.91 Å². The van der Waals surface area contributed by atoms with Gasteiger partial charge in [0.1, 0.15) is 5.75 Å². The Labute approximate surface area is 156 Å². The third-order valence-electron chi connectivity index (χ3n) is 3.93. The maximum Gasteiger partial charge on any atom is 0.276 e. The predicted octanol–water partition coefficient (Wildman–Crippen LogP) is 2.18. The number of benzene rings is 2. The molecule has 0 saturated heterocycles. The summed E-state index contributed by atoms with van der Waals surface area (Å²) in [5, 5.41) is 6.92. The number of hydrogen-bond donors (Lipinski definition) is 1. The molecular weight excluding hydrogens is 346 g/mol. The highest BCUT2D eigenvalue weighted by atomic mass is 16.5. The van der Waals surface area contributed by atoms with Crippen molar-refractivity contribution in [2.45, 2.75) is 6.54 Å². The van der Waals surface area contributed by atoms with Gasteiger partial charge in [0, 0.05) is 6.54 Å². The molecule has 0 aliphatic rings. The lowest BCUT2D eigenvalue weighted by molar-refractivity contribution is 0.0942. The van der Waals surface area contributed by atoms with E-state index in [4.69, 9.17) is 9.47 Å². The molecular formula is C20H19N3O4. The zero-order chi connectivity index (χ0) is 19.2. The van der Waals surface area contributed by atoms with E-state index in [1.807, 2.05) is 30.3 Å². The summed E-state index contributed by atoms with van der Waals surface area (Å²) in [6.45, 7) is 0.301. The second kappa shape index (κ2) is 8.18. The second-order valence-electron chi connectivity index (χ2n) is 5.68. The van der Waals surface area contributed by atoms with Gasteiger partial charge in [-0.05, 0) is 29.8 Å². The molecule has 1 aromatic heterocycles. The van der Waals surface area contributed by atoms with Gasteiger partial charge in [-0.25, -0.2) is 4.68 Å². The molecule has 0 unspecified atom stereocenters. The molecule has 1 amide bonds. The van der Waals surface area contributed by atoms with Crippen LogP contribution in [0.15, 0.2) is 65.5 Å². The SMILES string of the molecule is COc1ccc(-n2nc(C(=O)NCc3ccccc3)c(=O)cc2OC)cc1. The van der Waals surface area contributed by atoms with Gasteiger partial charge >= 0.3 is 0 Å². The maximum absolute atomic E-state index is 12.5. The zero-order valence-electron chi connectivity index (χ0n) is 15.0. The van der Waals surface area contributed by atoms with Crippen LogP contribution in [0.25, 0.3) is 5.69 Å². The van der Waals surface area contributed by atoms with Crippen molar-refractivity contribution < 1.29 is 14.3 Å². The lowest BCUT2D eigenvalue weighted by Gasteiger charge is -2.13. The number of nitrogens with one attached hydrogen (secondary N) is 1. The Hall–Kier alpha value is -3.61. The first kappa shape index (κ1) is 18.2. The zero-order valence-corrected chi connectivity index (χ0v) is 15.0. The Kier molecular flexibility index (Phi) is 5.51. The van der Waals surface area contributed by atoms with Crippen molar-refractivity contribution in [3.05, 3.63) is 82.1 Å². The average molecular weight is 365 g/mol. The molecule has 7 heteroatoms. The monoisotopic (exact) mass is 365 g/mol. The van der Waals surface area contributed by atoms with Crippen molar-refractivity contribution in [3.63, 3.8) is 0 Å². The molecule has 138 valence electrons. The number of aromatic nitrogens is 2. The molecule has 3 aromatic rings. The first-order chi connectivity index (χ1) is 13.1. The fraction of sp³-hybridized carbons (Fsp3) is 0.150. The van der Waals surface area contributed by atoms with Gasteiger partial charge < -0.3 is 14.8 Å². The van der Waals surface area contributed by atoms with Gasteiger partial charge in [-0.1, -0.05) is 30.3 Å². The largest absolute Gasteiger partial charge is 0.497 e. The van der Waals surface area contributed by atoms with Gasteiger partial charge in [-0.15, -0.1) is 0 Å². The third-order valence-corrected chi connectivity index (χ3v) is 3.93. The average Bonchev–Trinajstić information content (AvgIpc) is 2.72. The molecule has 0 radical (unpaired) electrons. The van der Waals surface area contributed by atoms with Crippen LogP contribution in [0.1, 0.15) is 16.1 Å². The summed E-state index contributed by atoms with van der Waals surface area (Å²) in [6.07, 6.45) is 0. The maximum atomic E-state index is 12.5. The highest BCUT2D eigenvalue weighted by Crippen LogP contribution is 2.18. The van der Waals surface area contributed by atoms with Crippen molar-refractivity contribution in [1.82, 2.24) is 15.1 Å². The van der Waals surface area contributed by atoms with E-state index < -0.39 is 11.3 Å². The summed E-state index contributed by atoms with van der Waals surface area (Å²) in [6, 6.07) is 17.7. The lowest BCUT2D eigenvalue weighted by Crippen LogP contribution is -2.31. The Morgan fingerprint density at radius 1 is 1.04 bits per heavy atom. The summed E-state index contributed by atoms with van der Waals surface area (Å²) in [7, 11) is 3.01. The van der Waals surface area contributed by atoms with Gasteiger partial charge in [0.05, 0.1) is 26.0 Å². The van der Waals surface area contributed by atoms with Crippen molar-refractivity contribution in [2.24, 2.45) is 0 Å². The molecule has 0 atom stereocenters. The first-order valence-corrected chi connectivity index (χ1v) is 8.27. The minimum atomic E-state index is -0.547. The molecule has 3 rings (SSSR count). The van der Waals surface area contributed by atoms with Crippen molar-refractivity contribution in [1.29, 1.82) is 0 Å². The standard InChI is InChI=1S/C20H19N3O4/c1-26-16-10-8-15(9-11-16)23-18(27-2)12-17(24)19(22-23)20(25)21-13-14-6-4-3-5-7-14/h3-12H,13H2,1-2H3,(H,21,25). The summed E-state index contributed by atoms with van der Waals surface area (Å²) >= 11 is 0. The van der Waals surface area contributed by atoms with Crippen LogP contribution in [0, 0.1) is 0 Å². The lowest BCUT2D eigenvalue weighted by atomic mass is 10.2. The van der Waals surface area contributed by atoms with Crippen molar-refractivity contribution in [2.75, 3.05) is 14.2 Å². The van der Waals surface area contributed by atoms with Crippen LogP contribution in [0.4, 0.5) is 0 Å². The first-order valence-electron chi connectivity index (χ1n) is 8.27. The van der Waals surface area contributed by atoms with E-state index in [1.165, 1.54) is 17.9 Å². The van der Waals surface area contributed by atoms with Crippen molar-refractivity contribution in [3.8, 4) is 17.3 Å². The number of rotatable bonds is 6. The van der Waals surface area contributed by atoms with Gasteiger partial charge in [0.15, 0.2) is 5.69 Å². The number of carbonyl (C=O) groups excluding carboxylic acids is 1. The second-order valence-corrected chi connectivity index (χ2v) is 5.68. The van der Waals surface area contributed by atoms with E-state index in [-0.39, 0.29) is 11.6 Å². The number of carbonyl (C=O) groups is 1. The predicted molar refractivity (Wildman–Crippen MR) is 101 cm³/mol. The third kappa shape index (κ3) is 4.14. The van der Waals surface area contributed by atoms with Crippen LogP contribution < -0.4 is 20.2 Å². The molecule has 0 aliphatic carbocycles. The van der Waals surface area contributed by atoms with Crippen LogP contribution >= 0.6 is 0 Å². The van der Waals surface area contributed by atoms with E-state index >= 15 is 0 Å². The number of amides is 1. The minimum absolute atomic E-state index is 0.206. The van der Waals surface area contributed by atoms with E-state index in [9.17, 15) is 9.59 Å². The van der Waals surface area contributed by atoms with Gasteiger partial charge in [0.25, 0.3) is 5.91 Å². The van der Waals surface area contributed by atoms with Crippen LogP contribution in [0.5, 0.6) is 11.6 Å². The highest BCUT2D eigenvalue weighted by Gasteiger charge is 2.17. The minimum Gasteiger partial charge on any atom is -0.497 e. The van der Waals surface area contributed by atoms with E-state index in [0.717, 1.165) is 5.56 Å². The summed E-state index contributed by atoms with van der Waals surface area (Å²) in [4.78, 5) is 24.8. The summed E-state index contributed by atoms with van der Waals surface area (Å²) < 4.78 is 11.8. The Bertz CT molecular complexity index is 982. The molecule has 0 bridgehead atoms. The molecule has 0 spiro atoms. The molecule has 0 saturated carbocycles. The topological polar surface area (TPSA) is 82.5 Å². The van der Waals surface area contributed by atoms with Gasteiger partial charge in [-0.2, -0.15) is 5.10 Å². The summed E-state index contributed by atoms with van der Waals surface area (Å²) in [5.41, 5.74) is 0.837. The van der Waals surface area contributed by atoms with E-state index in [0.29, 0.717) is 18.0 Å². The smallest absolute Gasteiger partial charge is 0.276 e. The number of methoxy groups -OCH3 is 2. The molecule has 0 aliphatic heterocycles. The number of nitrogens with zero attached hydrogens (tertiary/aromatic N) is 2. The Balaban J connectivity index is 1.91. The van der Waals surface area contributed by atoms with E-state index in [2.05, 4.69) is 10.4 Å². The van der Waals surface area contributed by atoms with Gasteiger partial charge in [0.2, 0.25) is 11.3 Å². The Morgan fingerprint density at radius 2 is 1.74 bits per heavy atom. The number of hydrogen-bond acceptors (Lipinski definition) is 5. The van der Waals surface area contributed by atoms with Crippen LogP contribution in [-0.2, 0) is 6.54 Å². The fourth-order valence-electron chi connectivity index (χ4n) is 2.51. The quantitative estimate of drug-likeness (QED) is 0.724. The van der Waals surface area contributed by atoms with Crippen LogP contribution in [0.3, 0.4) is 0 Å². The molecule has 1 heterocycles.